The van der Waals surface area contributed by atoms with E-state index in [4.69, 9.17) is 9.47 Å². The number of fused-ring (bicyclic) bond motifs is 4. The SMILES string of the molecule is COc1cc(O)cc(OC)c1C1C2=CCC3C(=O)N(c4cc([N+](=O)[O-])c(N(C)C)c([N+](=O)[O-])c4)C(=O)C3C2CC2C(=O)C(c3ccccc3)=CC(=O)C21c1ccccc1. The zero-order chi connectivity index (χ0) is 42.1. The van der Waals surface area contributed by atoms with Gasteiger partial charge in [-0.15, -0.1) is 0 Å². The first-order valence-corrected chi connectivity index (χ1v) is 18.8. The Kier molecular flexibility index (Phi) is 9.41. The summed E-state index contributed by atoms with van der Waals surface area (Å²) in [6.45, 7) is 0. The average Bonchev–Trinajstić information content (AvgIpc) is 3.49. The molecule has 8 rings (SSSR count). The molecular weight excluding hydrogens is 761 g/mol. The lowest BCUT2D eigenvalue weighted by Crippen LogP contribution is -2.59. The Morgan fingerprint density at radius 2 is 1.39 bits per heavy atom. The number of hydrogen-bond donors (Lipinski definition) is 1. The van der Waals surface area contributed by atoms with Crippen LogP contribution in [-0.2, 0) is 24.6 Å². The third-order valence-corrected chi connectivity index (χ3v) is 12.3. The van der Waals surface area contributed by atoms with Crippen LogP contribution >= 0.6 is 0 Å². The van der Waals surface area contributed by atoms with Crippen LogP contribution in [0, 0.1) is 43.9 Å². The van der Waals surface area contributed by atoms with Crippen molar-refractivity contribution in [1.82, 2.24) is 0 Å². The number of methoxy groups -OCH3 is 2. The van der Waals surface area contributed by atoms with Crippen LogP contribution in [0.4, 0.5) is 22.7 Å². The van der Waals surface area contributed by atoms with Gasteiger partial charge < -0.3 is 19.5 Å². The number of allylic oxidation sites excluding steroid dienone is 4. The van der Waals surface area contributed by atoms with Gasteiger partial charge in [-0.25, -0.2) is 4.90 Å². The number of amides is 2. The number of ketones is 2. The number of nitro groups is 2. The van der Waals surface area contributed by atoms with Gasteiger partial charge in [-0.3, -0.25) is 39.4 Å². The summed E-state index contributed by atoms with van der Waals surface area (Å²) >= 11 is 0. The number of nitro benzene ring substituents is 2. The van der Waals surface area contributed by atoms with E-state index in [0.717, 1.165) is 17.0 Å². The zero-order valence-electron chi connectivity index (χ0n) is 32.4. The second-order valence-electron chi connectivity index (χ2n) is 15.3. The fourth-order valence-electron chi connectivity index (χ4n) is 10.1. The smallest absolute Gasteiger partial charge is 0.301 e. The molecular formula is C44H38N4O11. The van der Waals surface area contributed by atoms with Gasteiger partial charge >= 0.3 is 11.4 Å². The third-order valence-electron chi connectivity index (χ3n) is 12.3. The Labute approximate surface area is 337 Å². The lowest BCUT2D eigenvalue weighted by Gasteiger charge is -2.55. The molecule has 4 aromatic rings. The summed E-state index contributed by atoms with van der Waals surface area (Å²) in [5.74, 6) is -7.25. The van der Waals surface area contributed by atoms with E-state index in [1.54, 1.807) is 60.7 Å². The number of imide groups is 1. The molecule has 15 nitrogen and oxygen atoms in total. The van der Waals surface area contributed by atoms with Gasteiger partial charge in [-0.05, 0) is 36.0 Å². The van der Waals surface area contributed by atoms with Crippen molar-refractivity contribution in [2.45, 2.75) is 24.2 Å². The highest BCUT2D eigenvalue weighted by atomic mass is 16.6. The lowest BCUT2D eigenvalue weighted by atomic mass is 9.44. The molecule has 1 aliphatic heterocycles. The molecule has 0 radical (unpaired) electrons. The Morgan fingerprint density at radius 1 is 0.814 bits per heavy atom. The first-order chi connectivity index (χ1) is 28.3. The van der Waals surface area contributed by atoms with Crippen LogP contribution in [0.1, 0.15) is 35.4 Å². The lowest BCUT2D eigenvalue weighted by molar-refractivity contribution is -0.392. The molecule has 6 unspecified atom stereocenters. The van der Waals surface area contributed by atoms with E-state index in [1.807, 2.05) is 6.08 Å². The average molecular weight is 799 g/mol. The highest BCUT2D eigenvalue weighted by Crippen LogP contribution is 2.66. The summed E-state index contributed by atoms with van der Waals surface area (Å²) in [5.41, 5.74) is -1.48. The molecule has 6 atom stereocenters. The number of phenolic OH excluding ortho intramolecular Hbond substituents is 1. The van der Waals surface area contributed by atoms with Crippen molar-refractivity contribution in [1.29, 1.82) is 0 Å². The fraction of sp³-hybridized carbons (Fsp3) is 0.273. The molecule has 4 aliphatic rings. The predicted molar refractivity (Wildman–Crippen MR) is 214 cm³/mol. The van der Waals surface area contributed by atoms with Crippen LogP contribution < -0.4 is 19.3 Å². The predicted octanol–water partition coefficient (Wildman–Crippen LogP) is 6.32. The van der Waals surface area contributed by atoms with E-state index >= 15 is 9.59 Å². The van der Waals surface area contributed by atoms with Crippen LogP contribution in [0.2, 0.25) is 0 Å². The molecule has 1 heterocycles. The van der Waals surface area contributed by atoms with Crippen molar-refractivity contribution in [2.75, 3.05) is 38.1 Å². The van der Waals surface area contributed by atoms with Crippen molar-refractivity contribution in [3.63, 3.8) is 0 Å². The number of nitrogens with zero attached hydrogens (tertiary/aromatic N) is 4. The number of Topliss-reactive ketones (excluding diaryl/α,β-unsaturated/α-hetero) is 1. The van der Waals surface area contributed by atoms with Crippen LogP contribution in [0.5, 0.6) is 17.2 Å². The number of rotatable bonds is 9. The van der Waals surface area contributed by atoms with E-state index in [-0.39, 0.29) is 58.6 Å². The molecule has 1 N–H and O–H groups in total. The monoisotopic (exact) mass is 798 g/mol. The first kappa shape index (κ1) is 38.7. The highest BCUT2D eigenvalue weighted by molar-refractivity contribution is 6.32. The molecule has 59 heavy (non-hydrogen) atoms. The Morgan fingerprint density at radius 3 is 1.93 bits per heavy atom. The molecule has 0 bridgehead atoms. The highest BCUT2D eigenvalue weighted by Gasteiger charge is 2.67. The molecule has 1 saturated heterocycles. The summed E-state index contributed by atoms with van der Waals surface area (Å²) in [7, 11) is 5.61. The van der Waals surface area contributed by atoms with Gasteiger partial charge in [0.25, 0.3) is 0 Å². The van der Waals surface area contributed by atoms with Crippen LogP contribution in [-0.4, -0.2) is 66.6 Å². The number of phenols is 1. The van der Waals surface area contributed by atoms with E-state index < -0.39 is 68.0 Å². The number of aromatic hydroxyl groups is 1. The molecule has 15 heteroatoms. The first-order valence-electron chi connectivity index (χ1n) is 18.8. The van der Waals surface area contributed by atoms with Gasteiger partial charge in [0.15, 0.2) is 17.3 Å². The second kappa shape index (κ2) is 14.3. The minimum atomic E-state index is -1.64. The van der Waals surface area contributed by atoms with Gasteiger partial charge in [0, 0.05) is 61.3 Å². The van der Waals surface area contributed by atoms with E-state index in [2.05, 4.69) is 0 Å². The van der Waals surface area contributed by atoms with Gasteiger partial charge in [0.2, 0.25) is 11.8 Å². The molecule has 4 aromatic carbocycles. The molecule has 2 fully saturated rings. The third kappa shape index (κ3) is 5.70. The maximum Gasteiger partial charge on any atom is 0.301 e. The van der Waals surface area contributed by atoms with Gasteiger partial charge in [-0.2, -0.15) is 0 Å². The summed E-state index contributed by atoms with van der Waals surface area (Å²) in [5, 5.41) is 35.4. The fourth-order valence-corrected chi connectivity index (χ4v) is 10.1. The summed E-state index contributed by atoms with van der Waals surface area (Å²) in [6, 6.07) is 22.4. The van der Waals surface area contributed by atoms with Crippen LogP contribution in [0.15, 0.2) is 103 Å². The van der Waals surface area contributed by atoms with Crippen LogP contribution in [0.25, 0.3) is 5.57 Å². The van der Waals surface area contributed by atoms with Crippen molar-refractivity contribution in [2.24, 2.45) is 23.7 Å². The number of anilines is 2. The molecule has 1 saturated carbocycles. The number of benzene rings is 4. The molecule has 300 valence electrons. The maximum atomic E-state index is 15.4. The van der Waals surface area contributed by atoms with Gasteiger partial charge in [0.05, 0.1) is 47.0 Å². The van der Waals surface area contributed by atoms with Gasteiger partial charge in [0.1, 0.15) is 17.2 Å². The number of carbonyl (C=O) groups is 4. The molecule has 3 aliphatic carbocycles. The maximum absolute atomic E-state index is 15.4. The summed E-state index contributed by atoms with van der Waals surface area (Å²) in [4.78, 5) is 85.0. The summed E-state index contributed by atoms with van der Waals surface area (Å²) < 4.78 is 11.8. The minimum absolute atomic E-state index is 0.000463. The minimum Gasteiger partial charge on any atom is -0.508 e. The van der Waals surface area contributed by atoms with Gasteiger partial charge in [-0.1, -0.05) is 72.3 Å². The quantitative estimate of drug-likeness (QED) is 0.0857. The molecule has 2 amide bonds. The summed E-state index contributed by atoms with van der Waals surface area (Å²) in [6.07, 6.45) is 3.14. The zero-order valence-corrected chi connectivity index (χ0v) is 32.4. The normalized spacial score (nSPS) is 24.7. The number of carbonyl (C=O) groups excluding carboxylic acids is 4. The van der Waals surface area contributed by atoms with E-state index in [1.165, 1.54) is 51.4 Å². The van der Waals surface area contributed by atoms with E-state index in [0.29, 0.717) is 22.3 Å². The largest absolute Gasteiger partial charge is 0.508 e. The second-order valence-corrected chi connectivity index (χ2v) is 15.3. The Bertz CT molecular complexity index is 2490. The number of hydrogen-bond acceptors (Lipinski definition) is 12. The molecule has 0 aromatic heterocycles. The van der Waals surface area contributed by atoms with Crippen molar-refractivity contribution >= 4 is 51.7 Å². The Balaban J connectivity index is 1.38. The van der Waals surface area contributed by atoms with Crippen molar-refractivity contribution < 1.29 is 43.6 Å². The van der Waals surface area contributed by atoms with Crippen molar-refractivity contribution in [3.05, 3.63) is 140 Å². The standard InChI is InChI=1S/C44H38N4O11/c1-45(2)40-32(47(54)55)17-25(18-33(40)48(56)57)46-42(52)28-16-15-27-30(37(28)43(46)53)21-31-41(51)29(23-11-7-5-8-12-23)22-36(50)44(31,24-13-9-6-10-14-24)39(27)38-34(58-3)19-26(49)20-35(38)59-4/h5-15,17-20,22,28,30-31,37,39,49H,16,21H2,1-4H3. The number of ether oxygens (including phenoxy) is 2. The topological polar surface area (TPSA) is 200 Å². The molecule has 0 spiro atoms. The van der Waals surface area contributed by atoms with E-state index in [9.17, 15) is 34.9 Å². The Hall–Kier alpha value is -7.16. The van der Waals surface area contributed by atoms with Crippen LogP contribution in [0.3, 0.4) is 0 Å². The van der Waals surface area contributed by atoms with Crippen molar-refractivity contribution in [3.8, 4) is 17.2 Å².